The Morgan fingerprint density at radius 3 is 2.86 bits per heavy atom. The lowest BCUT2D eigenvalue weighted by molar-refractivity contribution is 0.173. The molecule has 2 rings (SSSR count). The molecule has 1 aliphatic rings. The van der Waals surface area contributed by atoms with Gasteiger partial charge in [-0.05, 0) is 6.07 Å². The van der Waals surface area contributed by atoms with Crippen LogP contribution >= 0.6 is 12.4 Å². The molecule has 78 valence electrons. The molecular formula is C9H13ClN2O2. The molecule has 0 amide bonds. The number of rotatable bonds is 2. The van der Waals surface area contributed by atoms with Crippen LogP contribution in [-0.4, -0.2) is 13.3 Å². The molecule has 0 aromatic heterocycles. The molecule has 4 nitrogen and oxygen atoms in total. The van der Waals surface area contributed by atoms with E-state index in [-0.39, 0.29) is 25.2 Å². The van der Waals surface area contributed by atoms with Crippen LogP contribution in [0.3, 0.4) is 0 Å². The van der Waals surface area contributed by atoms with Gasteiger partial charge < -0.3 is 20.9 Å². The van der Waals surface area contributed by atoms with E-state index in [2.05, 4.69) is 0 Å². The van der Waals surface area contributed by atoms with E-state index >= 15 is 0 Å². The number of halogens is 1. The summed E-state index contributed by atoms with van der Waals surface area (Å²) in [5.74, 6) is 1.49. The van der Waals surface area contributed by atoms with Crippen molar-refractivity contribution in [3.8, 4) is 11.5 Å². The molecule has 0 saturated carbocycles. The van der Waals surface area contributed by atoms with Crippen molar-refractivity contribution in [2.45, 2.75) is 6.04 Å². The second-order valence-electron chi connectivity index (χ2n) is 2.92. The first kappa shape index (κ1) is 11.1. The molecule has 0 radical (unpaired) electrons. The van der Waals surface area contributed by atoms with Gasteiger partial charge >= 0.3 is 0 Å². The zero-order valence-corrected chi connectivity index (χ0v) is 8.42. The van der Waals surface area contributed by atoms with E-state index < -0.39 is 0 Å². The van der Waals surface area contributed by atoms with Gasteiger partial charge in [0, 0.05) is 18.2 Å². The van der Waals surface area contributed by atoms with Gasteiger partial charge in [-0.15, -0.1) is 12.4 Å². The third-order valence-electron chi connectivity index (χ3n) is 2.08. The minimum atomic E-state index is -0.184. The van der Waals surface area contributed by atoms with E-state index in [1.165, 1.54) is 0 Å². The summed E-state index contributed by atoms with van der Waals surface area (Å²) >= 11 is 0. The summed E-state index contributed by atoms with van der Waals surface area (Å²) in [6.45, 7) is 0.670. The van der Waals surface area contributed by atoms with E-state index in [1.807, 2.05) is 18.2 Å². The average molecular weight is 217 g/mol. The second kappa shape index (κ2) is 4.50. The molecular weight excluding hydrogens is 204 g/mol. The Morgan fingerprint density at radius 1 is 1.36 bits per heavy atom. The molecule has 14 heavy (non-hydrogen) atoms. The van der Waals surface area contributed by atoms with Crippen LogP contribution in [0.2, 0.25) is 0 Å². The van der Waals surface area contributed by atoms with E-state index in [0.29, 0.717) is 6.54 Å². The van der Waals surface area contributed by atoms with Crippen LogP contribution in [0.25, 0.3) is 0 Å². The van der Waals surface area contributed by atoms with E-state index in [9.17, 15) is 0 Å². The largest absolute Gasteiger partial charge is 0.454 e. The van der Waals surface area contributed by atoms with Crippen molar-refractivity contribution in [2.75, 3.05) is 13.3 Å². The minimum absolute atomic E-state index is 0. The number of benzene rings is 1. The predicted molar refractivity (Wildman–Crippen MR) is 55.8 cm³/mol. The fraction of sp³-hybridized carbons (Fsp3) is 0.333. The van der Waals surface area contributed by atoms with Gasteiger partial charge in [-0.2, -0.15) is 0 Å². The van der Waals surface area contributed by atoms with Gasteiger partial charge in [0.25, 0.3) is 0 Å². The average Bonchev–Trinajstić information content (AvgIpc) is 2.63. The van der Waals surface area contributed by atoms with Crippen LogP contribution in [0.1, 0.15) is 11.6 Å². The Hall–Kier alpha value is -0.970. The maximum Gasteiger partial charge on any atom is 0.231 e. The first-order valence-corrected chi connectivity index (χ1v) is 4.17. The summed E-state index contributed by atoms with van der Waals surface area (Å²) in [6.07, 6.45) is 0. The lowest BCUT2D eigenvalue weighted by Crippen LogP contribution is -2.21. The lowest BCUT2D eigenvalue weighted by atomic mass is 10.1. The molecule has 1 heterocycles. The maximum atomic E-state index is 5.81. The summed E-state index contributed by atoms with van der Waals surface area (Å²) < 4.78 is 10.5. The van der Waals surface area contributed by atoms with Crippen molar-refractivity contribution in [2.24, 2.45) is 11.5 Å². The van der Waals surface area contributed by atoms with Gasteiger partial charge in [0.15, 0.2) is 11.5 Å². The van der Waals surface area contributed by atoms with Crippen LogP contribution in [0.15, 0.2) is 18.2 Å². The van der Waals surface area contributed by atoms with Crippen LogP contribution in [0.4, 0.5) is 0 Å². The molecule has 1 atom stereocenters. The Balaban J connectivity index is 0.000000980. The molecule has 1 aliphatic heterocycles. The van der Waals surface area contributed by atoms with Crippen molar-refractivity contribution in [1.82, 2.24) is 0 Å². The van der Waals surface area contributed by atoms with Crippen molar-refractivity contribution < 1.29 is 9.47 Å². The van der Waals surface area contributed by atoms with Crippen molar-refractivity contribution in [3.05, 3.63) is 23.8 Å². The fourth-order valence-corrected chi connectivity index (χ4v) is 1.37. The fourth-order valence-electron chi connectivity index (χ4n) is 1.37. The van der Waals surface area contributed by atoms with Crippen molar-refractivity contribution in [1.29, 1.82) is 0 Å². The minimum Gasteiger partial charge on any atom is -0.454 e. The van der Waals surface area contributed by atoms with Gasteiger partial charge in [0.2, 0.25) is 6.79 Å². The summed E-state index contributed by atoms with van der Waals surface area (Å²) in [5.41, 5.74) is 12.2. The highest BCUT2D eigenvalue weighted by Crippen LogP contribution is 2.37. The topological polar surface area (TPSA) is 70.5 Å². The highest BCUT2D eigenvalue weighted by atomic mass is 35.5. The zero-order chi connectivity index (χ0) is 9.26. The number of ether oxygens (including phenoxy) is 2. The molecule has 0 saturated heterocycles. The Kier molecular flexibility index (Phi) is 3.57. The smallest absolute Gasteiger partial charge is 0.231 e. The molecule has 0 bridgehead atoms. The second-order valence-corrected chi connectivity index (χ2v) is 2.92. The highest BCUT2D eigenvalue weighted by Gasteiger charge is 2.19. The summed E-state index contributed by atoms with van der Waals surface area (Å²) in [5, 5.41) is 0. The van der Waals surface area contributed by atoms with E-state index in [1.54, 1.807) is 0 Å². The summed E-state index contributed by atoms with van der Waals surface area (Å²) in [7, 11) is 0. The highest BCUT2D eigenvalue weighted by molar-refractivity contribution is 5.85. The first-order chi connectivity index (χ1) is 6.33. The van der Waals surface area contributed by atoms with Crippen molar-refractivity contribution in [3.63, 3.8) is 0 Å². The Labute approximate surface area is 88.6 Å². The Bertz CT molecular complexity index is 320. The summed E-state index contributed by atoms with van der Waals surface area (Å²) in [6, 6.07) is 5.47. The predicted octanol–water partition coefficient (Wildman–Crippen LogP) is 0.796. The monoisotopic (exact) mass is 216 g/mol. The van der Waals surface area contributed by atoms with Crippen LogP contribution < -0.4 is 20.9 Å². The first-order valence-electron chi connectivity index (χ1n) is 4.17. The quantitative estimate of drug-likeness (QED) is 0.767. The van der Waals surface area contributed by atoms with Crippen LogP contribution in [-0.2, 0) is 0 Å². The zero-order valence-electron chi connectivity index (χ0n) is 7.60. The lowest BCUT2D eigenvalue weighted by Gasteiger charge is -2.11. The van der Waals surface area contributed by atoms with Gasteiger partial charge in [0.1, 0.15) is 0 Å². The molecule has 1 aromatic rings. The number of para-hydroxylation sites is 1. The van der Waals surface area contributed by atoms with Crippen LogP contribution in [0.5, 0.6) is 11.5 Å². The summed E-state index contributed by atoms with van der Waals surface area (Å²) in [4.78, 5) is 0. The molecule has 5 heteroatoms. The molecule has 4 N–H and O–H groups in total. The van der Waals surface area contributed by atoms with Gasteiger partial charge in [-0.25, -0.2) is 0 Å². The van der Waals surface area contributed by atoms with Gasteiger partial charge in [-0.1, -0.05) is 12.1 Å². The number of hydrogen-bond acceptors (Lipinski definition) is 4. The van der Waals surface area contributed by atoms with Crippen LogP contribution in [0, 0.1) is 0 Å². The third-order valence-corrected chi connectivity index (χ3v) is 2.08. The Morgan fingerprint density at radius 2 is 2.14 bits per heavy atom. The van der Waals surface area contributed by atoms with E-state index in [0.717, 1.165) is 17.1 Å². The molecule has 1 aromatic carbocycles. The molecule has 0 spiro atoms. The SMILES string of the molecule is Cl.NC[C@H](N)c1cccc2c1OCO2. The number of hydrogen-bond donors (Lipinski definition) is 2. The van der Waals surface area contributed by atoms with Gasteiger partial charge in [-0.3, -0.25) is 0 Å². The number of fused-ring (bicyclic) bond motifs is 1. The third kappa shape index (κ3) is 1.77. The molecule has 0 unspecified atom stereocenters. The maximum absolute atomic E-state index is 5.81. The molecule has 0 fully saturated rings. The van der Waals surface area contributed by atoms with E-state index in [4.69, 9.17) is 20.9 Å². The molecule has 0 aliphatic carbocycles. The number of nitrogens with two attached hydrogens (primary N) is 2. The normalized spacial score (nSPS) is 14.7. The standard InChI is InChI=1S/C9H12N2O2.ClH/c10-4-7(11)6-2-1-3-8-9(6)13-5-12-8;/h1-3,7H,4-5,10-11H2;1H/t7-;/m0./s1. The van der Waals surface area contributed by atoms with Crippen molar-refractivity contribution >= 4 is 12.4 Å². The van der Waals surface area contributed by atoms with Gasteiger partial charge in [0.05, 0.1) is 0 Å².